The molecule has 0 saturated carbocycles. The average Bonchev–Trinajstić information content (AvgIpc) is 2.72. The van der Waals surface area contributed by atoms with Crippen LogP contribution in [0.2, 0.25) is 0 Å². The van der Waals surface area contributed by atoms with Crippen molar-refractivity contribution >= 4 is 28.8 Å². The molecule has 0 atom stereocenters. The van der Waals surface area contributed by atoms with Crippen LogP contribution in [0.1, 0.15) is 5.56 Å². The van der Waals surface area contributed by atoms with Gasteiger partial charge in [-0.3, -0.25) is 0 Å². The second-order valence-corrected chi connectivity index (χ2v) is 4.94. The number of phenols is 1. The molecule has 1 aromatic carbocycles. The van der Waals surface area contributed by atoms with E-state index in [-0.39, 0.29) is 5.75 Å². The molecule has 6 heteroatoms. The third-order valence-electron chi connectivity index (χ3n) is 1.79. The van der Waals surface area contributed by atoms with Crippen LogP contribution in [0.5, 0.6) is 5.75 Å². The maximum absolute atomic E-state index is 9.56. The Bertz CT molecular complexity index is 445. The summed E-state index contributed by atoms with van der Waals surface area (Å²) in [6, 6.07) is 5.04. The number of anilines is 1. The number of rotatable bonds is 3. The molecule has 0 bridgehead atoms. The number of nitrogens with two attached hydrogens (primary N) is 1. The van der Waals surface area contributed by atoms with Gasteiger partial charge in [-0.1, -0.05) is 23.1 Å². The van der Waals surface area contributed by atoms with Crippen LogP contribution in [0.25, 0.3) is 0 Å². The first-order chi connectivity index (χ1) is 7.25. The van der Waals surface area contributed by atoms with Crippen molar-refractivity contribution < 1.29 is 5.11 Å². The molecule has 0 aliphatic heterocycles. The highest BCUT2D eigenvalue weighted by Gasteiger charge is 2.04. The number of nitrogens with zero attached hydrogens (tertiary/aromatic N) is 2. The Hall–Kier alpha value is -1.27. The lowest BCUT2D eigenvalue weighted by atomic mass is 10.2. The predicted octanol–water partition coefficient (Wildman–Crippen LogP) is 2.12. The van der Waals surface area contributed by atoms with E-state index >= 15 is 0 Å². The SMILES string of the molecule is Nc1ccc(O)c(CSc2nncs2)c1. The lowest BCUT2D eigenvalue weighted by Gasteiger charge is -2.03. The molecule has 0 unspecified atom stereocenters. The Morgan fingerprint density at radius 3 is 3.07 bits per heavy atom. The molecule has 0 spiro atoms. The van der Waals surface area contributed by atoms with Gasteiger partial charge in [0.05, 0.1) is 0 Å². The van der Waals surface area contributed by atoms with Gasteiger partial charge in [0, 0.05) is 17.0 Å². The number of thioether (sulfide) groups is 1. The first-order valence-electron chi connectivity index (χ1n) is 4.22. The van der Waals surface area contributed by atoms with Crippen LogP contribution in [-0.4, -0.2) is 15.3 Å². The molecule has 0 fully saturated rings. The van der Waals surface area contributed by atoms with Crippen LogP contribution >= 0.6 is 23.1 Å². The third kappa shape index (κ3) is 2.60. The van der Waals surface area contributed by atoms with E-state index in [9.17, 15) is 5.11 Å². The Morgan fingerprint density at radius 2 is 2.33 bits per heavy atom. The summed E-state index contributed by atoms with van der Waals surface area (Å²) in [6.07, 6.45) is 0. The highest BCUT2D eigenvalue weighted by atomic mass is 32.2. The van der Waals surface area contributed by atoms with Gasteiger partial charge in [0.15, 0.2) is 4.34 Å². The molecule has 0 saturated heterocycles. The summed E-state index contributed by atoms with van der Waals surface area (Å²) in [5.41, 5.74) is 8.78. The topological polar surface area (TPSA) is 72.0 Å². The molecular weight excluding hydrogens is 230 g/mol. The summed E-state index contributed by atoms with van der Waals surface area (Å²) in [4.78, 5) is 0. The van der Waals surface area contributed by atoms with Crippen LogP contribution in [0.15, 0.2) is 28.0 Å². The molecular formula is C9H9N3OS2. The van der Waals surface area contributed by atoms with E-state index in [0.29, 0.717) is 11.4 Å². The van der Waals surface area contributed by atoms with Gasteiger partial charge in [-0.2, -0.15) is 0 Å². The zero-order chi connectivity index (χ0) is 10.7. The second kappa shape index (κ2) is 4.50. The highest BCUT2D eigenvalue weighted by molar-refractivity contribution is 8.00. The van der Waals surface area contributed by atoms with Gasteiger partial charge < -0.3 is 10.8 Å². The van der Waals surface area contributed by atoms with Crippen molar-refractivity contribution in [1.29, 1.82) is 0 Å². The first kappa shape index (κ1) is 10.3. The molecule has 0 radical (unpaired) electrons. The fourth-order valence-corrected chi connectivity index (χ4v) is 2.56. The number of phenolic OH excluding ortho intramolecular Hbond substituents is 1. The van der Waals surface area contributed by atoms with E-state index < -0.39 is 0 Å². The molecule has 78 valence electrons. The molecule has 1 heterocycles. The second-order valence-electron chi connectivity index (χ2n) is 2.88. The van der Waals surface area contributed by atoms with Gasteiger partial charge in [-0.25, -0.2) is 0 Å². The average molecular weight is 239 g/mol. The standard InChI is InChI=1S/C9H9N3OS2/c10-7-1-2-8(13)6(3-7)4-14-9-12-11-5-15-9/h1-3,5,13H,4,10H2. The maximum Gasteiger partial charge on any atom is 0.174 e. The van der Waals surface area contributed by atoms with Crippen molar-refractivity contribution in [2.75, 3.05) is 5.73 Å². The van der Waals surface area contributed by atoms with Crippen molar-refractivity contribution in [3.63, 3.8) is 0 Å². The van der Waals surface area contributed by atoms with Gasteiger partial charge in [0.1, 0.15) is 11.3 Å². The van der Waals surface area contributed by atoms with Crippen molar-refractivity contribution in [2.45, 2.75) is 10.1 Å². The van der Waals surface area contributed by atoms with Crippen LogP contribution in [0, 0.1) is 0 Å². The molecule has 1 aromatic heterocycles. The van der Waals surface area contributed by atoms with E-state index in [2.05, 4.69) is 10.2 Å². The lowest BCUT2D eigenvalue weighted by molar-refractivity contribution is 0.471. The summed E-state index contributed by atoms with van der Waals surface area (Å²) in [6.45, 7) is 0. The maximum atomic E-state index is 9.56. The molecule has 2 rings (SSSR count). The van der Waals surface area contributed by atoms with Gasteiger partial charge in [0.25, 0.3) is 0 Å². The number of nitrogen functional groups attached to an aromatic ring is 1. The number of aromatic nitrogens is 2. The Morgan fingerprint density at radius 1 is 1.47 bits per heavy atom. The number of benzene rings is 1. The van der Waals surface area contributed by atoms with Crippen LogP contribution in [0.3, 0.4) is 0 Å². The molecule has 4 nitrogen and oxygen atoms in total. The van der Waals surface area contributed by atoms with Crippen LogP contribution in [0.4, 0.5) is 5.69 Å². The summed E-state index contributed by atoms with van der Waals surface area (Å²) < 4.78 is 0.886. The fourth-order valence-electron chi connectivity index (χ4n) is 1.09. The van der Waals surface area contributed by atoms with E-state index in [1.165, 1.54) is 23.1 Å². The van der Waals surface area contributed by atoms with Crippen molar-refractivity contribution in [2.24, 2.45) is 0 Å². The first-order valence-corrected chi connectivity index (χ1v) is 6.08. The smallest absolute Gasteiger partial charge is 0.174 e. The quantitative estimate of drug-likeness (QED) is 0.487. The van der Waals surface area contributed by atoms with Crippen molar-refractivity contribution in [3.8, 4) is 5.75 Å². The molecule has 0 aliphatic carbocycles. The summed E-state index contributed by atoms with van der Waals surface area (Å²) in [5.74, 6) is 0.910. The monoisotopic (exact) mass is 239 g/mol. The molecule has 0 amide bonds. The molecule has 0 aliphatic rings. The van der Waals surface area contributed by atoms with Crippen LogP contribution in [-0.2, 0) is 5.75 Å². The minimum Gasteiger partial charge on any atom is -0.508 e. The Kier molecular flexibility index (Phi) is 3.08. The minimum absolute atomic E-state index is 0.265. The minimum atomic E-state index is 0.265. The van der Waals surface area contributed by atoms with Gasteiger partial charge >= 0.3 is 0 Å². The highest BCUT2D eigenvalue weighted by Crippen LogP contribution is 2.29. The third-order valence-corrected chi connectivity index (χ3v) is 3.70. The Balaban J connectivity index is 2.07. The predicted molar refractivity (Wildman–Crippen MR) is 62.0 cm³/mol. The number of aromatic hydroxyl groups is 1. The van der Waals surface area contributed by atoms with E-state index in [1.54, 1.807) is 23.7 Å². The van der Waals surface area contributed by atoms with Gasteiger partial charge in [-0.15, -0.1) is 10.2 Å². The molecule has 15 heavy (non-hydrogen) atoms. The summed E-state index contributed by atoms with van der Waals surface area (Å²) in [7, 11) is 0. The summed E-state index contributed by atoms with van der Waals surface area (Å²) >= 11 is 3.01. The zero-order valence-corrected chi connectivity index (χ0v) is 9.38. The van der Waals surface area contributed by atoms with Crippen molar-refractivity contribution in [3.05, 3.63) is 29.3 Å². The van der Waals surface area contributed by atoms with Crippen LogP contribution < -0.4 is 5.73 Å². The van der Waals surface area contributed by atoms with E-state index in [0.717, 1.165) is 9.90 Å². The van der Waals surface area contributed by atoms with Crippen molar-refractivity contribution in [1.82, 2.24) is 10.2 Å². The normalized spacial score (nSPS) is 10.4. The van der Waals surface area contributed by atoms with Gasteiger partial charge in [0.2, 0.25) is 0 Å². The number of hydrogen-bond donors (Lipinski definition) is 2. The largest absolute Gasteiger partial charge is 0.508 e. The van der Waals surface area contributed by atoms with E-state index in [1.807, 2.05) is 0 Å². The lowest BCUT2D eigenvalue weighted by Crippen LogP contribution is -1.88. The zero-order valence-electron chi connectivity index (χ0n) is 7.75. The number of hydrogen-bond acceptors (Lipinski definition) is 6. The summed E-state index contributed by atoms with van der Waals surface area (Å²) in [5, 5.41) is 17.2. The molecule has 2 aromatic rings. The fraction of sp³-hybridized carbons (Fsp3) is 0.111. The van der Waals surface area contributed by atoms with E-state index in [4.69, 9.17) is 5.73 Å². The molecule has 3 N–H and O–H groups in total. The van der Waals surface area contributed by atoms with Gasteiger partial charge in [-0.05, 0) is 18.2 Å². The Labute approximate surface area is 95.2 Å².